The zero-order chi connectivity index (χ0) is 17.1. The lowest BCUT2D eigenvalue weighted by atomic mass is 10.2. The highest BCUT2D eigenvalue weighted by atomic mass is 16.1. The van der Waals surface area contributed by atoms with Crippen LogP contribution in [0.4, 0.5) is 5.82 Å². The van der Waals surface area contributed by atoms with Crippen molar-refractivity contribution in [1.82, 2.24) is 25.3 Å². The highest BCUT2D eigenvalue weighted by Crippen LogP contribution is 2.17. The van der Waals surface area contributed by atoms with Crippen LogP contribution in [0.1, 0.15) is 29.0 Å². The lowest BCUT2D eigenvalue weighted by molar-refractivity contribution is 0.0950. The number of hydrogen-bond donors (Lipinski definition) is 1. The summed E-state index contributed by atoms with van der Waals surface area (Å²) >= 11 is 0. The van der Waals surface area contributed by atoms with Crippen LogP contribution in [0, 0.1) is 0 Å². The second kappa shape index (κ2) is 6.80. The molecule has 0 atom stereocenters. The molecular weight excluding hydrogens is 316 g/mol. The predicted molar refractivity (Wildman–Crippen MR) is 94.2 cm³/mol. The summed E-state index contributed by atoms with van der Waals surface area (Å²) in [6, 6.07) is 7.19. The van der Waals surface area contributed by atoms with Crippen LogP contribution < -0.4 is 10.2 Å². The number of rotatable bonds is 4. The molecule has 1 aromatic carbocycles. The Hall–Kier alpha value is -3.09. The van der Waals surface area contributed by atoms with Crippen molar-refractivity contribution in [3.63, 3.8) is 0 Å². The molecule has 25 heavy (non-hydrogen) atoms. The van der Waals surface area contributed by atoms with Crippen LogP contribution in [0.15, 0.2) is 42.9 Å². The van der Waals surface area contributed by atoms with Crippen LogP contribution in [0.5, 0.6) is 0 Å². The molecule has 0 bridgehead atoms. The molecule has 1 amide bonds. The quantitative estimate of drug-likeness (QED) is 0.785. The first-order valence-corrected chi connectivity index (χ1v) is 8.35. The van der Waals surface area contributed by atoms with Gasteiger partial charge in [-0.3, -0.25) is 14.8 Å². The molecule has 2 aromatic heterocycles. The van der Waals surface area contributed by atoms with Gasteiger partial charge in [0.05, 0.1) is 17.6 Å². The van der Waals surface area contributed by atoms with Crippen molar-refractivity contribution in [1.29, 1.82) is 0 Å². The summed E-state index contributed by atoms with van der Waals surface area (Å²) < 4.78 is 0. The van der Waals surface area contributed by atoms with Gasteiger partial charge in [0.15, 0.2) is 0 Å². The molecule has 0 aliphatic carbocycles. The molecule has 0 unspecified atom stereocenters. The molecule has 0 saturated carbocycles. The minimum atomic E-state index is -0.178. The third-order valence-electron chi connectivity index (χ3n) is 4.26. The molecule has 0 spiro atoms. The van der Waals surface area contributed by atoms with Crippen LogP contribution in [0.2, 0.25) is 0 Å². The van der Waals surface area contributed by atoms with E-state index in [1.807, 2.05) is 6.07 Å². The molecule has 1 saturated heterocycles. The minimum absolute atomic E-state index is 0.178. The molecule has 3 aromatic rings. The van der Waals surface area contributed by atoms with Gasteiger partial charge < -0.3 is 10.2 Å². The van der Waals surface area contributed by atoms with E-state index in [1.165, 1.54) is 12.8 Å². The molecule has 1 aliphatic heterocycles. The smallest absolute Gasteiger partial charge is 0.251 e. The molecule has 126 valence electrons. The maximum absolute atomic E-state index is 12.4. The van der Waals surface area contributed by atoms with E-state index in [0.29, 0.717) is 23.4 Å². The average molecular weight is 334 g/mol. The number of nitrogens with one attached hydrogen (secondary N) is 1. The summed E-state index contributed by atoms with van der Waals surface area (Å²) in [5, 5.41) is 2.87. The van der Waals surface area contributed by atoms with E-state index < -0.39 is 0 Å². The first-order chi connectivity index (χ1) is 12.3. The van der Waals surface area contributed by atoms with E-state index in [1.54, 1.807) is 36.8 Å². The fourth-order valence-electron chi connectivity index (χ4n) is 2.96. The SMILES string of the molecule is O=C(NCc1nccc(N2CCCC2)n1)c1ccc2nccnc2c1. The Morgan fingerprint density at radius 2 is 1.80 bits per heavy atom. The van der Waals surface area contributed by atoms with Gasteiger partial charge >= 0.3 is 0 Å². The van der Waals surface area contributed by atoms with Gasteiger partial charge in [-0.2, -0.15) is 0 Å². The zero-order valence-electron chi connectivity index (χ0n) is 13.7. The van der Waals surface area contributed by atoms with E-state index >= 15 is 0 Å². The van der Waals surface area contributed by atoms with Crippen LogP contribution >= 0.6 is 0 Å². The third-order valence-corrected chi connectivity index (χ3v) is 4.26. The standard InChI is InChI=1S/C18H18N6O/c25-18(13-3-4-14-15(11-13)20-8-7-19-14)22-12-16-21-6-5-17(23-16)24-9-1-2-10-24/h3-8,11H,1-2,9-10,12H2,(H,22,25). The van der Waals surface area contributed by atoms with Crippen molar-refractivity contribution in [3.05, 3.63) is 54.2 Å². The number of carbonyl (C=O) groups is 1. The first-order valence-electron chi connectivity index (χ1n) is 8.35. The van der Waals surface area contributed by atoms with Gasteiger partial charge in [0, 0.05) is 37.2 Å². The summed E-state index contributed by atoms with van der Waals surface area (Å²) in [6.07, 6.45) is 7.38. The maximum Gasteiger partial charge on any atom is 0.251 e. The normalized spacial score (nSPS) is 14.0. The van der Waals surface area contributed by atoms with E-state index in [4.69, 9.17) is 0 Å². The predicted octanol–water partition coefficient (Wildman–Crippen LogP) is 1.95. The number of benzene rings is 1. The number of carbonyl (C=O) groups excluding carboxylic acids is 1. The summed E-state index contributed by atoms with van der Waals surface area (Å²) in [4.78, 5) is 31.9. The molecule has 7 nitrogen and oxygen atoms in total. The van der Waals surface area contributed by atoms with E-state index in [0.717, 1.165) is 24.4 Å². The van der Waals surface area contributed by atoms with Crippen molar-refractivity contribution in [2.45, 2.75) is 19.4 Å². The summed E-state index contributed by atoms with van der Waals surface area (Å²) in [7, 11) is 0. The number of anilines is 1. The largest absolute Gasteiger partial charge is 0.357 e. The third kappa shape index (κ3) is 3.40. The second-order valence-corrected chi connectivity index (χ2v) is 5.97. The molecule has 4 rings (SSSR count). The Bertz CT molecular complexity index is 907. The molecule has 1 fully saturated rings. The molecule has 7 heteroatoms. The van der Waals surface area contributed by atoms with Gasteiger partial charge in [-0.1, -0.05) is 0 Å². The molecule has 3 heterocycles. The summed E-state index contributed by atoms with van der Waals surface area (Å²) in [5.74, 6) is 1.36. The van der Waals surface area contributed by atoms with E-state index in [9.17, 15) is 4.79 Å². The summed E-state index contributed by atoms with van der Waals surface area (Å²) in [5.41, 5.74) is 2.01. The van der Waals surface area contributed by atoms with Crippen LogP contribution in [0.25, 0.3) is 11.0 Å². The van der Waals surface area contributed by atoms with Gasteiger partial charge in [0.2, 0.25) is 0 Å². The Morgan fingerprint density at radius 3 is 2.64 bits per heavy atom. The van der Waals surface area contributed by atoms with Crippen molar-refractivity contribution in [2.24, 2.45) is 0 Å². The van der Waals surface area contributed by atoms with E-state index in [-0.39, 0.29) is 5.91 Å². The van der Waals surface area contributed by atoms with Gasteiger partial charge in [0.1, 0.15) is 11.6 Å². The fourth-order valence-corrected chi connectivity index (χ4v) is 2.96. The van der Waals surface area contributed by atoms with Gasteiger partial charge in [0.25, 0.3) is 5.91 Å². The van der Waals surface area contributed by atoms with Gasteiger partial charge in [-0.25, -0.2) is 9.97 Å². The van der Waals surface area contributed by atoms with Gasteiger partial charge in [-0.05, 0) is 37.1 Å². The Morgan fingerprint density at radius 1 is 1.00 bits per heavy atom. The molecular formula is C18H18N6O. The monoisotopic (exact) mass is 334 g/mol. The fraction of sp³-hybridized carbons (Fsp3) is 0.278. The van der Waals surface area contributed by atoms with Crippen LogP contribution in [-0.2, 0) is 6.54 Å². The van der Waals surface area contributed by atoms with Crippen LogP contribution in [0.3, 0.4) is 0 Å². The molecule has 0 radical (unpaired) electrons. The van der Waals surface area contributed by atoms with Crippen molar-refractivity contribution in [2.75, 3.05) is 18.0 Å². The number of amides is 1. The summed E-state index contributed by atoms with van der Waals surface area (Å²) in [6.45, 7) is 2.35. The lowest BCUT2D eigenvalue weighted by Gasteiger charge is -2.16. The highest BCUT2D eigenvalue weighted by molar-refractivity contribution is 5.97. The van der Waals surface area contributed by atoms with Crippen molar-refractivity contribution < 1.29 is 4.79 Å². The lowest BCUT2D eigenvalue weighted by Crippen LogP contribution is -2.25. The maximum atomic E-state index is 12.4. The molecule has 1 aliphatic rings. The number of hydrogen-bond acceptors (Lipinski definition) is 6. The second-order valence-electron chi connectivity index (χ2n) is 5.97. The minimum Gasteiger partial charge on any atom is -0.357 e. The highest BCUT2D eigenvalue weighted by Gasteiger charge is 2.14. The molecule has 1 N–H and O–H groups in total. The Balaban J connectivity index is 1.45. The first kappa shape index (κ1) is 15.4. The topological polar surface area (TPSA) is 83.9 Å². The van der Waals surface area contributed by atoms with Crippen LogP contribution in [-0.4, -0.2) is 38.9 Å². The number of aromatic nitrogens is 4. The van der Waals surface area contributed by atoms with Gasteiger partial charge in [-0.15, -0.1) is 0 Å². The van der Waals surface area contributed by atoms with E-state index in [2.05, 4.69) is 30.2 Å². The Kier molecular flexibility index (Phi) is 4.20. The Labute approximate surface area is 145 Å². The van der Waals surface area contributed by atoms with Crippen molar-refractivity contribution in [3.8, 4) is 0 Å². The van der Waals surface area contributed by atoms with Crippen molar-refractivity contribution >= 4 is 22.8 Å². The average Bonchev–Trinajstić information content (AvgIpc) is 3.21. The number of fused-ring (bicyclic) bond motifs is 1. The number of nitrogens with zero attached hydrogens (tertiary/aromatic N) is 5. The zero-order valence-corrected chi connectivity index (χ0v) is 13.7.